The number of anilines is 1. The first-order chi connectivity index (χ1) is 8.95. The number of nitrogens with two attached hydrogens (primary N) is 1. The summed E-state index contributed by atoms with van der Waals surface area (Å²) in [7, 11) is 0. The molecule has 5 heteroatoms. The first-order valence-corrected chi connectivity index (χ1v) is 6.62. The fourth-order valence-corrected chi connectivity index (χ4v) is 2.79. The van der Waals surface area contributed by atoms with Gasteiger partial charge in [0.1, 0.15) is 6.10 Å². The van der Waals surface area contributed by atoms with Gasteiger partial charge in [-0.3, -0.25) is 0 Å². The van der Waals surface area contributed by atoms with Crippen LogP contribution in [0.25, 0.3) is 0 Å². The molecule has 0 spiro atoms. The summed E-state index contributed by atoms with van der Waals surface area (Å²) in [6.45, 7) is 4.41. The van der Waals surface area contributed by atoms with Gasteiger partial charge >= 0.3 is 5.97 Å². The van der Waals surface area contributed by atoms with Crippen LogP contribution in [-0.4, -0.2) is 22.2 Å². The minimum atomic E-state index is -1.07. The second kappa shape index (κ2) is 5.47. The molecule has 19 heavy (non-hydrogen) atoms. The van der Waals surface area contributed by atoms with Gasteiger partial charge in [0.25, 0.3) is 0 Å². The van der Waals surface area contributed by atoms with E-state index in [0.717, 1.165) is 12.8 Å². The number of aromatic nitrogens is 1. The van der Waals surface area contributed by atoms with Crippen molar-refractivity contribution in [3.05, 3.63) is 17.8 Å². The third-order valence-electron chi connectivity index (χ3n) is 3.52. The van der Waals surface area contributed by atoms with Crippen LogP contribution in [0.4, 0.5) is 5.69 Å². The quantitative estimate of drug-likeness (QED) is 0.876. The lowest BCUT2D eigenvalue weighted by molar-refractivity contribution is 0.0683. The number of carboxylic acids is 1. The van der Waals surface area contributed by atoms with Crippen LogP contribution in [0.15, 0.2) is 12.1 Å². The molecule has 5 nitrogen and oxygen atoms in total. The van der Waals surface area contributed by atoms with Crippen molar-refractivity contribution in [2.45, 2.75) is 39.2 Å². The molecule has 0 bridgehead atoms. The molecular weight excluding hydrogens is 244 g/mol. The van der Waals surface area contributed by atoms with Crippen LogP contribution < -0.4 is 10.5 Å². The van der Waals surface area contributed by atoms with Crippen molar-refractivity contribution >= 4 is 11.7 Å². The number of hydrogen-bond acceptors (Lipinski definition) is 4. The highest BCUT2D eigenvalue weighted by Crippen LogP contribution is 2.32. The number of nitrogen functional groups attached to an aromatic ring is 1. The second-order valence-electron chi connectivity index (χ2n) is 5.55. The molecule has 1 heterocycles. The van der Waals surface area contributed by atoms with Crippen LogP contribution in [0.2, 0.25) is 0 Å². The fourth-order valence-electron chi connectivity index (χ4n) is 2.79. The Morgan fingerprint density at radius 1 is 1.32 bits per heavy atom. The van der Waals surface area contributed by atoms with Crippen LogP contribution in [0.3, 0.4) is 0 Å². The van der Waals surface area contributed by atoms with Crippen LogP contribution in [0.5, 0.6) is 5.88 Å². The molecule has 104 valence electrons. The van der Waals surface area contributed by atoms with Crippen LogP contribution in [0, 0.1) is 11.8 Å². The zero-order valence-electron chi connectivity index (χ0n) is 11.3. The number of carbonyl (C=O) groups is 1. The maximum absolute atomic E-state index is 10.9. The normalized spacial score (nSPS) is 26.9. The van der Waals surface area contributed by atoms with Crippen molar-refractivity contribution in [1.82, 2.24) is 4.98 Å². The van der Waals surface area contributed by atoms with Gasteiger partial charge in [-0.25, -0.2) is 9.78 Å². The Hall–Kier alpha value is -1.78. The van der Waals surface area contributed by atoms with E-state index in [0.29, 0.717) is 17.5 Å². The van der Waals surface area contributed by atoms with Gasteiger partial charge in [-0.1, -0.05) is 13.8 Å². The fraction of sp³-hybridized carbons (Fsp3) is 0.571. The molecule has 0 aliphatic heterocycles. The first kappa shape index (κ1) is 13.6. The largest absolute Gasteiger partial charge is 0.477 e. The van der Waals surface area contributed by atoms with E-state index < -0.39 is 5.97 Å². The summed E-state index contributed by atoms with van der Waals surface area (Å²) in [5, 5.41) is 8.93. The Morgan fingerprint density at radius 2 is 1.95 bits per heavy atom. The van der Waals surface area contributed by atoms with Gasteiger partial charge in [-0.2, -0.15) is 0 Å². The summed E-state index contributed by atoms with van der Waals surface area (Å²) in [5.74, 6) is 0.386. The summed E-state index contributed by atoms with van der Waals surface area (Å²) in [6.07, 6.45) is 3.20. The topological polar surface area (TPSA) is 85.4 Å². The molecule has 3 N–H and O–H groups in total. The van der Waals surface area contributed by atoms with Gasteiger partial charge in [0, 0.05) is 0 Å². The molecule has 1 aliphatic carbocycles. The number of rotatable bonds is 3. The number of pyridine rings is 1. The zero-order valence-corrected chi connectivity index (χ0v) is 11.3. The van der Waals surface area contributed by atoms with Gasteiger partial charge < -0.3 is 15.6 Å². The predicted octanol–water partition coefficient (Wildman–Crippen LogP) is 2.57. The van der Waals surface area contributed by atoms with Crippen molar-refractivity contribution in [2.24, 2.45) is 11.8 Å². The van der Waals surface area contributed by atoms with Gasteiger partial charge in [0.2, 0.25) is 5.88 Å². The molecule has 0 saturated heterocycles. The Morgan fingerprint density at radius 3 is 2.53 bits per heavy atom. The van der Waals surface area contributed by atoms with E-state index in [1.165, 1.54) is 18.6 Å². The summed E-state index contributed by atoms with van der Waals surface area (Å²) < 4.78 is 5.82. The third kappa shape index (κ3) is 3.36. The number of ether oxygens (including phenoxy) is 1. The second-order valence-corrected chi connectivity index (χ2v) is 5.55. The number of hydrogen-bond donors (Lipinski definition) is 2. The minimum Gasteiger partial charge on any atom is -0.477 e. The standard InChI is InChI=1S/C14H20N2O3/c1-8-5-9(2)7-10(6-8)19-13-11(15)3-4-12(16-13)14(17)18/h3-4,8-10H,5-7,15H2,1-2H3,(H,17,18). The molecular formula is C14H20N2O3. The van der Waals surface area contributed by atoms with E-state index in [-0.39, 0.29) is 17.7 Å². The number of carboxylic acid groups (broad SMARTS) is 1. The Balaban J connectivity index is 2.13. The third-order valence-corrected chi connectivity index (χ3v) is 3.52. The molecule has 1 saturated carbocycles. The summed E-state index contributed by atoms with van der Waals surface area (Å²) in [4.78, 5) is 14.9. The molecule has 0 radical (unpaired) electrons. The molecule has 2 atom stereocenters. The molecule has 0 aromatic carbocycles. The Bertz CT molecular complexity index is 466. The minimum absolute atomic E-state index is 0.0406. The summed E-state index contributed by atoms with van der Waals surface area (Å²) >= 11 is 0. The van der Waals surface area contributed by atoms with E-state index >= 15 is 0 Å². The van der Waals surface area contributed by atoms with Gasteiger partial charge in [-0.15, -0.1) is 0 Å². The summed E-state index contributed by atoms with van der Waals surface area (Å²) in [6, 6.07) is 2.91. The van der Waals surface area contributed by atoms with Gasteiger partial charge in [0.15, 0.2) is 5.69 Å². The summed E-state index contributed by atoms with van der Waals surface area (Å²) in [5.41, 5.74) is 6.14. The maximum Gasteiger partial charge on any atom is 0.354 e. The van der Waals surface area contributed by atoms with E-state index in [4.69, 9.17) is 15.6 Å². The van der Waals surface area contributed by atoms with Gasteiger partial charge in [-0.05, 0) is 43.2 Å². The molecule has 2 unspecified atom stereocenters. The van der Waals surface area contributed by atoms with Crippen molar-refractivity contribution in [1.29, 1.82) is 0 Å². The van der Waals surface area contributed by atoms with Gasteiger partial charge in [0.05, 0.1) is 5.69 Å². The van der Waals surface area contributed by atoms with E-state index in [1.807, 2.05) is 0 Å². The number of nitrogens with zero attached hydrogens (tertiary/aromatic N) is 1. The van der Waals surface area contributed by atoms with E-state index in [9.17, 15) is 4.79 Å². The molecule has 1 aromatic rings. The molecule has 1 aliphatic rings. The lowest BCUT2D eigenvalue weighted by Gasteiger charge is -2.31. The highest BCUT2D eigenvalue weighted by atomic mass is 16.5. The van der Waals surface area contributed by atoms with Crippen molar-refractivity contribution in [3.8, 4) is 5.88 Å². The number of aromatic carboxylic acids is 1. The predicted molar refractivity (Wildman–Crippen MR) is 72.2 cm³/mol. The molecule has 1 fully saturated rings. The highest BCUT2D eigenvalue weighted by Gasteiger charge is 2.26. The van der Waals surface area contributed by atoms with Crippen LogP contribution in [-0.2, 0) is 0 Å². The average molecular weight is 264 g/mol. The zero-order chi connectivity index (χ0) is 14.0. The monoisotopic (exact) mass is 264 g/mol. The van der Waals surface area contributed by atoms with Crippen LogP contribution in [0.1, 0.15) is 43.6 Å². The first-order valence-electron chi connectivity index (χ1n) is 6.62. The lowest BCUT2D eigenvalue weighted by atomic mass is 9.82. The Labute approximate surface area is 112 Å². The van der Waals surface area contributed by atoms with E-state index in [2.05, 4.69) is 18.8 Å². The average Bonchev–Trinajstić information content (AvgIpc) is 2.30. The SMILES string of the molecule is CC1CC(C)CC(Oc2nc(C(=O)O)ccc2N)C1. The van der Waals surface area contributed by atoms with E-state index in [1.54, 1.807) is 0 Å². The molecule has 1 aromatic heterocycles. The van der Waals surface area contributed by atoms with Crippen LogP contribution >= 0.6 is 0 Å². The molecule has 2 rings (SSSR count). The molecule has 0 amide bonds. The Kier molecular flexibility index (Phi) is 3.93. The smallest absolute Gasteiger partial charge is 0.354 e. The van der Waals surface area contributed by atoms with Crippen molar-refractivity contribution in [2.75, 3.05) is 5.73 Å². The van der Waals surface area contributed by atoms with Crippen molar-refractivity contribution < 1.29 is 14.6 Å². The van der Waals surface area contributed by atoms with Crippen molar-refractivity contribution in [3.63, 3.8) is 0 Å². The lowest BCUT2D eigenvalue weighted by Crippen LogP contribution is -2.29. The highest BCUT2D eigenvalue weighted by molar-refractivity contribution is 5.86. The maximum atomic E-state index is 10.9.